The van der Waals surface area contributed by atoms with Crippen LogP contribution in [0.5, 0.6) is 0 Å². The van der Waals surface area contributed by atoms with Crippen LogP contribution in [-0.4, -0.2) is 17.1 Å². The predicted molar refractivity (Wildman–Crippen MR) is 105 cm³/mol. The molecule has 132 valence electrons. The summed E-state index contributed by atoms with van der Waals surface area (Å²) in [6, 6.07) is 16.1. The van der Waals surface area contributed by atoms with E-state index in [1.54, 1.807) is 0 Å². The quantitative estimate of drug-likeness (QED) is 0.883. The van der Waals surface area contributed by atoms with Crippen LogP contribution < -0.4 is 10.3 Å². The third-order valence-corrected chi connectivity index (χ3v) is 4.86. The van der Waals surface area contributed by atoms with Crippen LogP contribution in [0.3, 0.4) is 0 Å². The first kappa shape index (κ1) is 16.5. The van der Waals surface area contributed by atoms with Crippen LogP contribution >= 0.6 is 0 Å². The fourth-order valence-electron chi connectivity index (χ4n) is 3.32. The van der Waals surface area contributed by atoms with Crippen molar-refractivity contribution in [2.24, 2.45) is 0 Å². The molecule has 2 aliphatic rings. The van der Waals surface area contributed by atoms with Crippen molar-refractivity contribution in [3.63, 3.8) is 0 Å². The second kappa shape index (κ2) is 6.06. The minimum atomic E-state index is -0.107. The maximum Gasteiger partial charge on any atom is 0.269 e. The second-order valence-electron chi connectivity index (χ2n) is 7.71. The lowest BCUT2D eigenvalue weighted by Gasteiger charge is -2.33. The average molecular weight is 345 g/mol. The van der Waals surface area contributed by atoms with Crippen molar-refractivity contribution >= 4 is 17.7 Å². The van der Waals surface area contributed by atoms with Crippen LogP contribution in [0.4, 0.5) is 5.69 Å². The number of fused-ring (bicyclic) bond motifs is 3. The number of nitrogens with one attached hydrogen (secondary N) is 1. The number of para-hydroxylation sites is 1. The molecule has 0 saturated carbocycles. The minimum Gasteiger partial charge on any atom is -0.320 e. The van der Waals surface area contributed by atoms with Gasteiger partial charge in [-0.25, -0.2) is 0 Å². The number of amides is 1. The third kappa shape index (κ3) is 2.88. The first-order chi connectivity index (χ1) is 12.4. The number of benzene rings is 2. The topological polar surface area (TPSA) is 35.6 Å². The Morgan fingerprint density at radius 2 is 1.73 bits per heavy atom. The predicted octanol–water partition coefficient (Wildman–Crippen LogP) is 4.28. The summed E-state index contributed by atoms with van der Waals surface area (Å²) < 4.78 is 0. The van der Waals surface area contributed by atoms with E-state index in [0.717, 1.165) is 5.69 Å². The standard InChI is InChI=1S/C22H23N3O/c1-22(2,3)18-11-8-17(9-12-18)21(26)23-25-15-14-24-19-7-5-4-6-16(19)10-13-20(24)25/h4-15,20H,1-3H3,(H,23,26). The minimum absolute atomic E-state index is 0.0392. The van der Waals surface area contributed by atoms with Gasteiger partial charge in [0, 0.05) is 18.0 Å². The summed E-state index contributed by atoms with van der Waals surface area (Å²) in [4.78, 5) is 14.8. The Morgan fingerprint density at radius 3 is 2.46 bits per heavy atom. The summed E-state index contributed by atoms with van der Waals surface area (Å²) in [7, 11) is 0. The fourth-order valence-corrected chi connectivity index (χ4v) is 3.32. The summed E-state index contributed by atoms with van der Waals surface area (Å²) in [5.74, 6) is -0.107. The van der Waals surface area contributed by atoms with Gasteiger partial charge in [0.1, 0.15) is 6.17 Å². The van der Waals surface area contributed by atoms with Crippen LogP contribution in [-0.2, 0) is 5.41 Å². The van der Waals surface area contributed by atoms with Gasteiger partial charge in [-0.15, -0.1) is 0 Å². The summed E-state index contributed by atoms with van der Waals surface area (Å²) in [6.45, 7) is 6.50. The number of nitrogens with zero attached hydrogens (tertiary/aromatic N) is 2. The van der Waals surface area contributed by atoms with Crippen LogP contribution in [0, 0.1) is 0 Å². The maximum absolute atomic E-state index is 12.7. The van der Waals surface area contributed by atoms with E-state index >= 15 is 0 Å². The van der Waals surface area contributed by atoms with Crippen molar-refractivity contribution in [1.29, 1.82) is 0 Å². The molecule has 0 radical (unpaired) electrons. The molecular weight excluding hydrogens is 322 g/mol. The molecule has 0 spiro atoms. The molecule has 2 aliphatic heterocycles. The van der Waals surface area contributed by atoms with E-state index < -0.39 is 0 Å². The zero-order chi connectivity index (χ0) is 18.3. The van der Waals surface area contributed by atoms with Gasteiger partial charge in [0.2, 0.25) is 0 Å². The van der Waals surface area contributed by atoms with Crippen LogP contribution in [0.25, 0.3) is 6.08 Å². The molecule has 4 heteroatoms. The fraction of sp³-hybridized carbons (Fsp3) is 0.227. The molecule has 26 heavy (non-hydrogen) atoms. The summed E-state index contributed by atoms with van der Waals surface area (Å²) in [5.41, 5.74) is 7.27. The third-order valence-electron chi connectivity index (χ3n) is 4.86. The van der Waals surface area contributed by atoms with Crippen molar-refractivity contribution in [3.8, 4) is 0 Å². The van der Waals surface area contributed by atoms with Crippen molar-refractivity contribution in [1.82, 2.24) is 10.4 Å². The Labute approximate surface area is 154 Å². The van der Waals surface area contributed by atoms with Crippen LogP contribution in [0.2, 0.25) is 0 Å². The Bertz CT molecular complexity index is 890. The first-order valence-electron chi connectivity index (χ1n) is 8.87. The lowest BCUT2D eigenvalue weighted by Crippen LogP contribution is -2.48. The summed E-state index contributed by atoms with van der Waals surface area (Å²) in [5, 5.41) is 1.84. The highest BCUT2D eigenvalue weighted by molar-refractivity contribution is 5.94. The summed E-state index contributed by atoms with van der Waals surface area (Å²) >= 11 is 0. The maximum atomic E-state index is 12.7. The monoisotopic (exact) mass is 345 g/mol. The highest BCUT2D eigenvalue weighted by Gasteiger charge is 2.30. The van der Waals surface area contributed by atoms with E-state index in [-0.39, 0.29) is 17.5 Å². The number of rotatable bonds is 2. The van der Waals surface area contributed by atoms with E-state index in [0.29, 0.717) is 5.56 Å². The van der Waals surface area contributed by atoms with Gasteiger partial charge in [-0.1, -0.05) is 57.2 Å². The SMILES string of the molecule is CC(C)(C)c1ccc(C(=O)NN2C=CN3c4ccccc4C=CC23)cc1. The van der Waals surface area contributed by atoms with E-state index in [1.807, 2.05) is 53.8 Å². The normalized spacial score (nSPS) is 17.9. The zero-order valence-corrected chi connectivity index (χ0v) is 15.3. The Hall–Kier alpha value is -3.01. The molecule has 4 rings (SSSR count). The molecule has 2 aromatic rings. The van der Waals surface area contributed by atoms with Gasteiger partial charge in [-0.3, -0.25) is 15.2 Å². The smallest absolute Gasteiger partial charge is 0.269 e. The van der Waals surface area contributed by atoms with Gasteiger partial charge in [-0.2, -0.15) is 0 Å². The Kier molecular flexibility index (Phi) is 3.83. The molecule has 0 bridgehead atoms. The lowest BCUT2D eigenvalue weighted by atomic mass is 9.87. The van der Waals surface area contributed by atoms with Gasteiger partial charge >= 0.3 is 0 Å². The van der Waals surface area contributed by atoms with E-state index in [9.17, 15) is 4.79 Å². The first-order valence-corrected chi connectivity index (χ1v) is 8.87. The molecule has 2 heterocycles. The molecule has 4 nitrogen and oxygen atoms in total. The van der Waals surface area contributed by atoms with E-state index in [2.05, 4.69) is 55.4 Å². The molecule has 1 N–H and O–H groups in total. The number of hydrogen-bond donors (Lipinski definition) is 1. The highest BCUT2D eigenvalue weighted by Crippen LogP contribution is 2.32. The van der Waals surface area contributed by atoms with Crippen LogP contribution in [0.1, 0.15) is 42.3 Å². The van der Waals surface area contributed by atoms with Crippen molar-refractivity contribution in [2.45, 2.75) is 32.4 Å². The Balaban J connectivity index is 1.49. The number of hydrogen-bond acceptors (Lipinski definition) is 3. The number of carbonyl (C=O) groups is 1. The zero-order valence-electron chi connectivity index (χ0n) is 15.3. The molecule has 1 amide bonds. The van der Waals surface area contributed by atoms with E-state index in [4.69, 9.17) is 0 Å². The molecule has 0 fully saturated rings. The molecule has 1 unspecified atom stereocenters. The van der Waals surface area contributed by atoms with Crippen molar-refractivity contribution < 1.29 is 4.79 Å². The van der Waals surface area contributed by atoms with Crippen molar-refractivity contribution in [2.75, 3.05) is 4.90 Å². The number of anilines is 1. The molecular formula is C22H23N3O. The Morgan fingerprint density at radius 1 is 1.00 bits per heavy atom. The van der Waals surface area contributed by atoms with Crippen molar-refractivity contribution in [3.05, 3.63) is 83.7 Å². The van der Waals surface area contributed by atoms with Gasteiger partial charge in [0.15, 0.2) is 0 Å². The average Bonchev–Trinajstić information content (AvgIpc) is 3.04. The highest BCUT2D eigenvalue weighted by atomic mass is 16.2. The molecule has 0 aromatic heterocycles. The van der Waals surface area contributed by atoms with Gasteiger partial charge in [0.25, 0.3) is 5.91 Å². The van der Waals surface area contributed by atoms with Gasteiger partial charge in [0.05, 0.1) is 5.69 Å². The molecule has 1 atom stereocenters. The lowest BCUT2D eigenvalue weighted by molar-refractivity contribution is 0.0837. The van der Waals surface area contributed by atoms with Gasteiger partial charge in [-0.05, 0) is 40.8 Å². The second-order valence-corrected chi connectivity index (χ2v) is 7.71. The largest absolute Gasteiger partial charge is 0.320 e. The van der Waals surface area contributed by atoms with Gasteiger partial charge < -0.3 is 4.90 Å². The molecule has 0 saturated heterocycles. The van der Waals surface area contributed by atoms with Crippen LogP contribution in [0.15, 0.2) is 67.0 Å². The summed E-state index contributed by atoms with van der Waals surface area (Å²) in [6.07, 6.45) is 8.04. The number of carbonyl (C=O) groups excluding carboxylic acids is 1. The van der Waals surface area contributed by atoms with E-state index in [1.165, 1.54) is 11.1 Å². The molecule has 0 aliphatic carbocycles. The number of hydrazine groups is 1. The molecule has 2 aromatic carbocycles.